The number of halogens is 4. The summed E-state index contributed by atoms with van der Waals surface area (Å²) in [4.78, 5) is 0. The van der Waals surface area contributed by atoms with Crippen LogP contribution in [0.3, 0.4) is 0 Å². The summed E-state index contributed by atoms with van der Waals surface area (Å²) in [5, 5.41) is 4.57. The van der Waals surface area contributed by atoms with E-state index >= 15 is 0 Å². The van der Waals surface area contributed by atoms with E-state index in [-0.39, 0.29) is 12.3 Å². The van der Waals surface area contributed by atoms with Gasteiger partial charge in [0, 0.05) is 60.1 Å². The fraction of sp³-hybridized carbons (Fsp3) is 0.450. The van der Waals surface area contributed by atoms with Crippen LogP contribution in [0.25, 0.3) is 22.0 Å². The van der Waals surface area contributed by atoms with E-state index in [9.17, 15) is 13.2 Å². The number of benzene rings is 1. The molecule has 0 aliphatic rings. The molecule has 0 amide bonds. The SMILES string of the molecule is CCn1cc(-c2cn(COCC[Si](C)(C)C)nc2C(F)(F)F)c2cc(Br)ccc21. The van der Waals surface area contributed by atoms with Crippen molar-refractivity contribution in [2.45, 2.75) is 52.1 Å². The minimum Gasteiger partial charge on any atom is -0.360 e. The molecule has 0 bridgehead atoms. The average Bonchev–Trinajstić information content (AvgIpc) is 3.18. The lowest BCUT2D eigenvalue weighted by Gasteiger charge is -2.15. The molecule has 0 atom stereocenters. The third-order valence-electron chi connectivity index (χ3n) is 4.72. The molecule has 0 radical (unpaired) electrons. The van der Waals surface area contributed by atoms with Gasteiger partial charge in [-0.15, -0.1) is 0 Å². The van der Waals surface area contributed by atoms with Gasteiger partial charge in [-0.1, -0.05) is 35.6 Å². The molecular formula is C20H25BrF3N3OSi. The number of nitrogens with zero attached hydrogens (tertiary/aromatic N) is 3. The van der Waals surface area contributed by atoms with Gasteiger partial charge >= 0.3 is 6.18 Å². The Morgan fingerprint density at radius 1 is 1.14 bits per heavy atom. The molecule has 0 aliphatic carbocycles. The zero-order chi connectivity index (χ0) is 21.4. The largest absolute Gasteiger partial charge is 0.435 e. The van der Waals surface area contributed by atoms with E-state index in [4.69, 9.17) is 4.74 Å². The van der Waals surface area contributed by atoms with Crippen LogP contribution in [0.5, 0.6) is 0 Å². The van der Waals surface area contributed by atoms with Crippen LogP contribution in [0.15, 0.2) is 35.1 Å². The van der Waals surface area contributed by atoms with Crippen LogP contribution in [0.1, 0.15) is 12.6 Å². The topological polar surface area (TPSA) is 32.0 Å². The van der Waals surface area contributed by atoms with E-state index in [1.807, 2.05) is 29.7 Å². The van der Waals surface area contributed by atoms with Crippen molar-refractivity contribution in [2.24, 2.45) is 0 Å². The summed E-state index contributed by atoms with van der Waals surface area (Å²) in [5.74, 6) is 0. The zero-order valence-electron chi connectivity index (χ0n) is 17.0. The number of rotatable bonds is 7. The molecule has 0 aliphatic heterocycles. The number of aryl methyl sites for hydroxylation is 1. The predicted molar refractivity (Wildman–Crippen MR) is 116 cm³/mol. The number of alkyl halides is 3. The van der Waals surface area contributed by atoms with Gasteiger partial charge in [0.25, 0.3) is 0 Å². The van der Waals surface area contributed by atoms with Gasteiger partial charge in [0.2, 0.25) is 0 Å². The molecule has 3 rings (SSSR count). The first-order valence-electron chi connectivity index (χ1n) is 9.51. The molecule has 2 heterocycles. The molecule has 0 N–H and O–H groups in total. The highest BCUT2D eigenvalue weighted by Crippen LogP contribution is 2.40. The zero-order valence-corrected chi connectivity index (χ0v) is 19.6. The van der Waals surface area contributed by atoms with Crippen LogP contribution in [0.2, 0.25) is 25.7 Å². The Morgan fingerprint density at radius 2 is 1.86 bits per heavy atom. The van der Waals surface area contributed by atoms with Gasteiger partial charge in [0.15, 0.2) is 5.69 Å². The van der Waals surface area contributed by atoms with Crippen LogP contribution in [-0.4, -0.2) is 29.0 Å². The lowest BCUT2D eigenvalue weighted by molar-refractivity contribution is -0.141. The maximum atomic E-state index is 13.7. The summed E-state index contributed by atoms with van der Waals surface area (Å²) in [6, 6.07) is 6.59. The van der Waals surface area contributed by atoms with Crippen LogP contribution < -0.4 is 0 Å². The third kappa shape index (κ3) is 5.13. The van der Waals surface area contributed by atoms with Crippen molar-refractivity contribution in [2.75, 3.05) is 6.61 Å². The fourth-order valence-electron chi connectivity index (χ4n) is 3.18. The van der Waals surface area contributed by atoms with Crippen LogP contribution >= 0.6 is 15.9 Å². The molecule has 0 fully saturated rings. The maximum Gasteiger partial charge on any atom is 0.435 e. The highest BCUT2D eigenvalue weighted by molar-refractivity contribution is 9.10. The van der Waals surface area contributed by atoms with Crippen molar-refractivity contribution < 1.29 is 17.9 Å². The first-order valence-corrected chi connectivity index (χ1v) is 14.0. The molecular weight excluding hydrogens is 463 g/mol. The smallest absolute Gasteiger partial charge is 0.360 e. The number of ether oxygens (including phenoxy) is 1. The fourth-order valence-corrected chi connectivity index (χ4v) is 4.29. The predicted octanol–water partition coefficient (Wildman–Crippen LogP) is 6.62. The lowest BCUT2D eigenvalue weighted by Crippen LogP contribution is -2.22. The lowest BCUT2D eigenvalue weighted by atomic mass is 10.1. The van der Waals surface area contributed by atoms with E-state index in [1.54, 1.807) is 6.20 Å². The number of hydrogen-bond donors (Lipinski definition) is 0. The third-order valence-corrected chi connectivity index (χ3v) is 6.92. The van der Waals surface area contributed by atoms with E-state index in [2.05, 4.69) is 40.7 Å². The summed E-state index contributed by atoms with van der Waals surface area (Å²) in [7, 11) is -1.26. The molecule has 29 heavy (non-hydrogen) atoms. The first-order chi connectivity index (χ1) is 13.5. The molecule has 0 saturated carbocycles. The number of aromatic nitrogens is 3. The van der Waals surface area contributed by atoms with Gasteiger partial charge in [0.1, 0.15) is 6.73 Å². The summed E-state index contributed by atoms with van der Waals surface area (Å²) >= 11 is 3.42. The van der Waals surface area contributed by atoms with Crippen molar-refractivity contribution in [3.63, 3.8) is 0 Å². The first kappa shape index (κ1) is 22.1. The molecule has 4 nitrogen and oxygen atoms in total. The quantitative estimate of drug-likeness (QED) is 0.277. The van der Waals surface area contributed by atoms with Crippen molar-refractivity contribution >= 4 is 34.9 Å². The van der Waals surface area contributed by atoms with Crippen molar-refractivity contribution in [3.8, 4) is 11.1 Å². The minimum atomic E-state index is -4.55. The van der Waals surface area contributed by atoms with Gasteiger partial charge < -0.3 is 9.30 Å². The van der Waals surface area contributed by atoms with E-state index < -0.39 is 19.9 Å². The van der Waals surface area contributed by atoms with Gasteiger partial charge in [-0.25, -0.2) is 4.68 Å². The summed E-state index contributed by atoms with van der Waals surface area (Å²) < 4.78 is 50.8. The summed E-state index contributed by atoms with van der Waals surface area (Å²) in [5.41, 5.74) is 0.588. The monoisotopic (exact) mass is 487 g/mol. The van der Waals surface area contributed by atoms with Crippen molar-refractivity contribution in [1.29, 1.82) is 0 Å². The molecule has 0 saturated heterocycles. The van der Waals surface area contributed by atoms with Gasteiger partial charge in [-0.05, 0) is 31.2 Å². The highest BCUT2D eigenvalue weighted by Gasteiger charge is 2.38. The van der Waals surface area contributed by atoms with Gasteiger partial charge in [-0.3, -0.25) is 0 Å². The number of hydrogen-bond acceptors (Lipinski definition) is 2. The van der Waals surface area contributed by atoms with Crippen molar-refractivity contribution in [3.05, 3.63) is 40.8 Å². The molecule has 158 valence electrons. The molecule has 9 heteroatoms. The van der Waals surface area contributed by atoms with E-state index in [0.29, 0.717) is 18.7 Å². The van der Waals surface area contributed by atoms with Crippen molar-refractivity contribution in [1.82, 2.24) is 14.3 Å². The van der Waals surface area contributed by atoms with Gasteiger partial charge in [0.05, 0.1) is 0 Å². The standard InChI is InChI=1S/C20H25BrF3N3OSi/c1-5-26-11-16(15-10-14(21)6-7-18(15)26)17-12-27(25-19(17)20(22,23)24)13-28-8-9-29(2,3)4/h6-7,10-12H,5,8-9,13H2,1-4H3. The Balaban J connectivity index is 2.00. The van der Waals surface area contributed by atoms with Crippen LogP contribution in [0, 0.1) is 0 Å². The second-order valence-corrected chi connectivity index (χ2v) is 14.8. The second-order valence-electron chi connectivity index (χ2n) is 8.27. The molecule has 0 unspecified atom stereocenters. The maximum absolute atomic E-state index is 13.7. The molecule has 1 aromatic carbocycles. The summed E-state index contributed by atoms with van der Waals surface area (Å²) in [6.07, 6.45) is -1.35. The summed E-state index contributed by atoms with van der Waals surface area (Å²) in [6.45, 7) is 9.83. The average molecular weight is 488 g/mol. The second kappa shape index (κ2) is 8.27. The van der Waals surface area contributed by atoms with E-state index in [0.717, 1.165) is 21.4 Å². The number of fused-ring (bicyclic) bond motifs is 1. The van der Waals surface area contributed by atoms with E-state index in [1.165, 1.54) is 10.9 Å². The Morgan fingerprint density at radius 3 is 2.48 bits per heavy atom. The minimum absolute atomic E-state index is 0.00364. The Bertz CT molecular complexity index is 1000. The molecule has 0 spiro atoms. The van der Waals surface area contributed by atoms with Crippen LogP contribution in [0.4, 0.5) is 13.2 Å². The normalized spacial score (nSPS) is 12.8. The molecule has 3 aromatic rings. The van der Waals surface area contributed by atoms with Crippen LogP contribution in [-0.2, 0) is 24.2 Å². The molecule has 2 aromatic heterocycles. The Hall–Kier alpha value is -1.58. The Labute approximate surface area is 177 Å². The Kier molecular flexibility index (Phi) is 6.31. The highest BCUT2D eigenvalue weighted by atomic mass is 79.9. The van der Waals surface area contributed by atoms with Gasteiger partial charge in [-0.2, -0.15) is 18.3 Å².